The van der Waals surface area contributed by atoms with Crippen LogP contribution in [0.5, 0.6) is 0 Å². The topological polar surface area (TPSA) is 80.8 Å². The Hall–Kier alpha value is -1.37. The molecule has 120 valence electrons. The molecule has 1 saturated heterocycles. The van der Waals surface area contributed by atoms with Gasteiger partial charge in [0.15, 0.2) is 9.84 Å². The molecule has 0 spiro atoms. The first-order valence-electron chi connectivity index (χ1n) is 7.11. The molecule has 0 aromatic carbocycles. The van der Waals surface area contributed by atoms with E-state index >= 15 is 0 Å². The highest BCUT2D eigenvalue weighted by Gasteiger charge is 2.35. The Morgan fingerprint density at radius 3 is 2.71 bits per heavy atom. The monoisotopic (exact) mass is 317 g/mol. The van der Waals surface area contributed by atoms with Gasteiger partial charge in [0.05, 0.1) is 18.3 Å². The molecular weight excluding hydrogens is 294 g/mol. The van der Waals surface area contributed by atoms with Gasteiger partial charge in [-0.05, 0) is 26.7 Å². The molecule has 0 aromatic rings. The second-order valence-electron chi connectivity index (χ2n) is 5.14. The average Bonchev–Trinajstić information content (AvgIpc) is 2.46. The lowest BCUT2D eigenvalue weighted by Gasteiger charge is -2.33. The smallest absolute Gasteiger partial charge is 0.310 e. The van der Waals surface area contributed by atoms with Crippen molar-refractivity contribution in [3.8, 4) is 0 Å². The Morgan fingerprint density at radius 1 is 1.48 bits per heavy atom. The predicted octanol–water partition coefficient (Wildman–Crippen LogP) is 0.777. The number of sulfone groups is 1. The molecular formula is C14H23NO5S. The van der Waals surface area contributed by atoms with Crippen LogP contribution in [0.1, 0.15) is 26.7 Å². The summed E-state index contributed by atoms with van der Waals surface area (Å²) in [6, 6.07) is 0. The van der Waals surface area contributed by atoms with Gasteiger partial charge in [-0.1, -0.05) is 6.08 Å². The lowest BCUT2D eigenvalue weighted by molar-refractivity contribution is -0.151. The van der Waals surface area contributed by atoms with Crippen molar-refractivity contribution < 1.29 is 22.7 Å². The minimum absolute atomic E-state index is 0.227. The standard InChI is InChI=1S/C14H23NO5S/c1-4-9-21(18,19)11(3)13(16)15-8-6-7-12(10-15)14(17)20-5-2/h4,11-12H,1,5-10H2,2-3H3. The summed E-state index contributed by atoms with van der Waals surface area (Å²) in [5.74, 6) is -1.37. The molecule has 0 saturated carbocycles. The summed E-state index contributed by atoms with van der Waals surface area (Å²) in [7, 11) is -3.53. The Labute approximate surface area is 126 Å². The van der Waals surface area contributed by atoms with Gasteiger partial charge >= 0.3 is 5.97 Å². The zero-order valence-electron chi connectivity index (χ0n) is 12.6. The van der Waals surface area contributed by atoms with E-state index in [0.29, 0.717) is 26.0 Å². The van der Waals surface area contributed by atoms with Crippen molar-refractivity contribution in [2.45, 2.75) is 31.9 Å². The Bertz CT molecular complexity index is 499. The summed E-state index contributed by atoms with van der Waals surface area (Å²) in [5, 5.41) is -1.11. The average molecular weight is 317 g/mol. The molecule has 0 radical (unpaired) electrons. The molecule has 1 heterocycles. The molecule has 2 atom stereocenters. The zero-order valence-corrected chi connectivity index (χ0v) is 13.4. The van der Waals surface area contributed by atoms with Gasteiger partial charge in [0.2, 0.25) is 5.91 Å². The molecule has 1 rings (SSSR count). The SMILES string of the molecule is C=CCS(=O)(=O)C(C)C(=O)N1CCCC(C(=O)OCC)C1. The van der Waals surface area contributed by atoms with E-state index in [1.165, 1.54) is 17.9 Å². The summed E-state index contributed by atoms with van der Waals surface area (Å²) in [5.41, 5.74) is 0. The van der Waals surface area contributed by atoms with Crippen molar-refractivity contribution in [1.29, 1.82) is 0 Å². The molecule has 0 aromatic heterocycles. The second kappa shape index (κ2) is 7.59. The van der Waals surface area contributed by atoms with E-state index in [0.717, 1.165) is 0 Å². The van der Waals surface area contributed by atoms with Gasteiger partial charge in [-0.3, -0.25) is 9.59 Å². The normalized spacial score (nSPS) is 20.7. The molecule has 21 heavy (non-hydrogen) atoms. The summed E-state index contributed by atoms with van der Waals surface area (Å²) in [6.45, 7) is 7.51. The highest BCUT2D eigenvalue weighted by molar-refractivity contribution is 7.92. The number of ether oxygens (including phenoxy) is 1. The minimum Gasteiger partial charge on any atom is -0.466 e. The number of carbonyl (C=O) groups excluding carboxylic acids is 2. The van der Waals surface area contributed by atoms with Gasteiger partial charge in [-0.2, -0.15) is 0 Å². The Kier molecular flexibility index (Phi) is 6.39. The second-order valence-corrected chi connectivity index (χ2v) is 7.50. The van der Waals surface area contributed by atoms with E-state index in [9.17, 15) is 18.0 Å². The van der Waals surface area contributed by atoms with Crippen LogP contribution in [0.25, 0.3) is 0 Å². The first-order chi connectivity index (χ1) is 9.83. The maximum absolute atomic E-state index is 12.3. The lowest BCUT2D eigenvalue weighted by Crippen LogP contribution is -2.48. The third-order valence-corrected chi connectivity index (χ3v) is 5.57. The van der Waals surface area contributed by atoms with Crippen LogP contribution >= 0.6 is 0 Å². The van der Waals surface area contributed by atoms with Crippen LogP contribution in [-0.4, -0.2) is 55.9 Å². The number of esters is 1. The van der Waals surface area contributed by atoms with Gasteiger partial charge in [0, 0.05) is 13.1 Å². The van der Waals surface area contributed by atoms with E-state index in [2.05, 4.69) is 6.58 Å². The first kappa shape index (κ1) is 17.7. The van der Waals surface area contributed by atoms with Crippen molar-refractivity contribution in [2.24, 2.45) is 5.92 Å². The van der Waals surface area contributed by atoms with E-state index in [4.69, 9.17) is 4.74 Å². The maximum Gasteiger partial charge on any atom is 0.310 e. The van der Waals surface area contributed by atoms with Crippen LogP contribution in [0, 0.1) is 5.92 Å². The molecule has 1 fully saturated rings. The fourth-order valence-corrected chi connectivity index (χ4v) is 3.42. The number of nitrogens with zero attached hydrogens (tertiary/aromatic N) is 1. The van der Waals surface area contributed by atoms with Crippen LogP contribution in [-0.2, 0) is 24.2 Å². The molecule has 1 aliphatic rings. The highest BCUT2D eigenvalue weighted by Crippen LogP contribution is 2.20. The molecule has 0 N–H and O–H groups in total. The van der Waals surface area contributed by atoms with Crippen molar-refractivity contribution >= 4 is 21.7 Å². The van der Waals surface area contributed by atoms with Crippen molar-refractivity contribution in [3.05, 3.63) is 12.7 Å². The predicted molar refractivity (Wildman–Crippen MR) is 79.4 cm³/mol. The molecule has 2 unspecified atom stereocenters. The first-order valence-corrected chi connectivity index (χ1v) is 8.83. The summed E-state index contributed by atoms with van der Waals surface area (Å²) >= 11 is 0. The lowest BCUT2D eigenvalue weighted by atomic mass is 9.98. The summed E-state index contributed by atoms with van der Waals surface area (Å²) in [4.78, 5) is 25.5. The van der Waals surface area contributed by atoms with E-state index in [1.54, 1.807) is 6.92 Å². The Balaban J connectivity index is 2.74. The summed E-state index contributed by atoms with van der Waals surface area (Å²) in [6.07, 6.45) is 2.61. The summed E-state index contributed by atoms with van der Waals surface area (Å²) < 4.78 is 28.8. The van der Waals surface area contributed by atoms with Gasteiger partial charge in [-0.15, -0.1) is 6.58 Å². The molecule has 0 bridgehead atoms. The van der Waals surface area contributed by atoms with Crippen LogP contribution in [0.2, 0.25) is 0 Å². The number of carbonyl (C=O) groups is 2. The number of likely N-dealkylation sites (tertiary alicyclic amines) is 1. The maximum atomic E-state index is 12.3. The van der Waals surface area contributed by atoms with Crippen molar-refractivity contribution in [3.63, 3.8) is 0 Å². The van der Waals surface area contributed by atoms with Crippen LogP contribution < -0.4 is 0 Å². The minimum atomic E-state index is -3.53. The van der Waals surface area contributed by atoms with Crippen LogP contribution in [0.15, 0.2) is 12.7 Å². The number of hydrogen-bond donors (Lipinski definition) is 0. The third-order valence-electron chi connectivity index (χ3n) is 3.59. The van der Waals surface area contributed by atoms with E-state index in [-0.39, 0.29) is 24.2 Å². The van der Waals surface area contributed by atoms with Gasteiger partial charge < -0.3 is 9.64 Å². The van der Waals surface area contributed by atoms with Crippen molar-refractivity contribution in [2.75, 3.05) is 25.4 Å². The largest absolute Gasteiger partial charge is 0.466 e. The van der Waals surface area contributed by atoms with Gasteiger partial charge in [0.1, 0.15) is 5.25 Å². The third kappa shape index (κ3) is 4.56. The van der Waals surface area contributed by atoms with Crippen molar-refractivity contribution in [1.82, 2.24) is 4.90 Å². The number of hydrogen-bond acceptors (Lipinski definition) is 5. The van der Waals surface area contributed by atoms with Crippen LogP contribution in [0.3, 0.4) is 0 Å². The molecule has 6 nitrogen and oxygen atoms in total. The van der Waals surface area contributed by atoms with E-state index in [1.807, 2.05) is 0 Å². The molecule has 0 aliphatic carbocycles. The van der Waals surface area contributed by atoms with E-state index < -0.39 is 21.0 Å². The Morgan fingerprint density at radius 2 is 2.14 bits per heavy atom. The zero-order chi connectivity index (χ0) is 16.0. The molecule has 7 heteroatoms. The van der Waals surface area contributed by atoms with Gasteiger partial charge in [0.25, 0.3) is 0 Å². The number of amides is 1. The van der Waals surface area contributed by atoms with Gasteiger partial charge in [-0.25, -0.2) is 8.42 Å². The highest BCUT2D eigenvalue weighted by atomic mass is 32.2. The fourth-order valence-electron chi connectivity index (χ4n) is 2.35. The molecule has 1 aliphatic heterocycles. The fraction of sp³-hybridized carbons (Fsp3) is 0.714. The molecule has 1 amide bonds. The number of rotatable bonds is 6. The van der Waals surface area contributed by atoms with Crippen LogP contribution in [0.4, 0.5) is 0 Å². The number of piperidine rings is 1. The quantitative estimate of drug-likeness (QED) is 0.534.